The molecule has 0 aliphatic carbocycles. The van der Waals surface area contributed by atoms with E-state index in [0.717, 1.165) is 31.6 Å². The Bertz CT molecular complexity index is 427. The number of nitrogens with zero attached hydrogens (tertiary/aromatic N) is 1. The lowest BCUT2D eigenvalue weighted by molar-refractivity contribution is 0.105. The van der Waals surface area contributed by atoms with Gasteiger partial charge in [0.05, 0.1) is 6.10 Å². The molecule has 0 radical (unpaired) electrons. The molecule has 1 N–H and O–H groups in total. The molecular formula is C16H25FN2O. The SMILES string of the molecule is CNC(c1ccccc1F)C(C)CN1CCC(OC)C1. The summed E-state index contributed by atoms with van der Waals surface area (Å²) in [6.07, 6.45) is 1.44. The minimum absolute atomic E-state index is 0.0396. The number of rotatable bonds is 6. The summed E-state index contributed by atoms with van der Waals surface area (Å²) in [6, 6.07) is 7.07. The maximum atomic E-state index is 13.9. The van der Waals surface area contributed by atoms with Crippen LogP contribution in [0.5, 0.6) is 0 Å². The van der Waals surface area contributed by atoms with E-state index in [1.807, 2.05) is 19.2 Å². The first-order chi connectivity index (χ1) is 9.65. The van der Waals surface area contributed by atoms with Crippen LogP contribution in [0.1, 0.15) is 24.9 Å². The van der Waals surface area contributed by atoms with Crippen molar-refractivity contribution >= 4 is 0 Å². The van der Waals surface area contributed by atoms with Crippen molar-refractivity contribution in [3.8, 4) is 0 Å². The fourth-order valence-corrected chi connectivity index (χ4v) is 3.14. The quantitative estimate of drug-likeness (QED) is 0.866. The maximum Gasteiger partial charge on any atom is 0.127 e. The first kappa shape index (κ1) is 15.4. The number of benzene rings is 1. The van der Waals surface area contributed by atoms with Crippen molar-refractivity contribution in [2.75, 3.05) is 33.8 Å². The molecule has 1 heterocycles. The highest BCUT2D eigenvalue weighted by molar-refractivity contribution is 5.21. The van der Waals surface area contributed by atoms with Crippen molar-refractivity contribution in [2.24, 2.45) is 5.92 Å². The summed E-state index contributed by atoms with van der Waals surface area (Å²) in [4.78, 5) is 2.41. The van der Waals surface area contributed by atoms with Gasteiger partial charge in [0.15, 0.2) is 0 Å². The van der Waals surface area contributed by atoms with Crippen LogP contribution in [0.2, 0.25) is 0 Å². The fraction of sp³-hybridized carbons (Fsp3) is 0.625. The minimum Gasteiger partial charge on any atom is -0.380 e. The van der Waals surface area contributed by atoms with E-state index in [0.29, 0.717) is 12.0 Å². The lowest BCUT2D eigenvalue weighted by Crippen LogP contribution is -2.34. The Kier molecular flexibility index (Phi) is 5.52. The van der Waals surface area contributed by atoms with Crippen LogP contribution >= 0.6 is 0 Å². The second kappa shape index (κ2) is 7.16. The van der Waals surface area contributed by atoms with E-state index < -0.39 is 0 Å². The first-order valence-electron chi connectivity index (χ1n) is 7.32. The third-order valence-corrected chi connectivity index (χ3v) is 4.23. The van der Waals surface area contributed by atoms with Gasteiger partial charge in [-0.1, -0.05) is 25.1 Å². The van der Waals surface area contributed by atoms with E-state index in [9.17, 15) is 4.39 Å². The highest BCUT2D eigenvalue weighted by atomic mass is 19.1. The van der Waals surface area contributed by atoms with Gasteiger partial charge in [0, 0.05) is 38.3 Å². The Labute approximate surface area is 121 Å². The zero-order valence-electron chi connectivity index (χ0n) is 12.6. The second-order valence-electron chi connectivity index (χ2n) is 5.67. The Morgan fingerprint density at radius 2 is 2.20 bits per heavy atom. The van der Waals surface area contributed by atoms with Gasteiger partial charge in [-0.05, 0) is 25.5 Å². The first-order valence-corrected chi connectivity index (χ1v) is 7.32. The Morgan fingerprint density at radius 1 is 1.45 bits per heavy atom. The normalized spacial score (nSPS) is 22.9. The van der Waals surface area contributed by atoms with Gasteiger partial charge in [-0.2, -0.15) is 0 Å². The largest absolute Gasteiger partial charge is 0.380 e. The van der Waals surface area contributed by atoms with Gasteiger partial charge in [0.2, 0.25) is 0 Å². The third-order valence-electron chi connectivity index (χ3n) is 4.23. The average molecular weight is 280 g/mol. The molecule has 1 saturated heterocycles. The zero-order chi connectivity index (χ0) is 14.5. The van der Waals surface area contributed by atoms with Crippen molar-refractivity contribution in [3.05, 3.63) is 35.6 Å². The molecule has 3 unspecified atom stereocenters. The van der Waals surface area contributed by atoms with E-state index in [2.05, 4.69) is 17.1 Å². The van der Waals surface area contributed by atoms with Crippen LogP contribution in [0.15, 0.2) is 24.3 Å². The summed E-state index contributed by atoms with van der Waals surface area (Å²) in [7, 11) is 3.67. The third kappa shape index (κ3) is 3.57. The molecule has 1 aliphatic heterocycles. The second-order valence-corrected chi connectivity index (χ2v) is 5.67. The van der Waals surface area contributed by atoms with Crippen LogP contribution in [0.3, 0.4) is 0 Å². The van der Waals surface area contributed by atoms with Crippen molar-refractivity contribution in [1.29, 1.82) is 0 Å². The summed E-state index contributed by atoms with van der Waals surface area (Å²) >= 11 is 0. The molecule has 0 amide bonds. The predicted molar refractivity (Wildman–Crippen MR) is 79.2 cm³/mol. The van der Waals surface area contributed by atoms with Gasteiger partial charge >= 0.3 is 0 Å². The number of ether oxygens (including phenoxy) is 1. The molecule has 1 aromatic carbocycles. The molecule has 1 aliphatic rings. The van der Waals surface area contributed by atoms with Gasteiger partial charge in [-0.3, -0.25) is 0 Å². The standard InChI is InChI=1S/C16H25FN2O/c1-12(10-19-9-8-13(11-19)20-3)16(18-2)14-6-4-5-7-15(14)17/h4-7,12-13,16,18H,8-11H2,1-3H3. The van der Waals surface area contributed by atoms with E-state index in [-0.39, 0.29) is 11.9 Å². The highest BCUT2D eigenvalue weighted by Gasteiger charge is 2.27. The Morgan fingerprint density at radius 3 is 2.80 bits per heavy atom. The van der Waals surface area contributed by atoms with E-state index in [1.165, 1.54) is 6.07 Å². The molecule has 0 bridgehead atoms. The number of hydrogen-bond acceptors (Lipinski definition) is 3. The lowest BCUT2D eigenvalue weighted by Gasteiger charge is -2.28. The van der Waals surface area contributed by atoms with Crippen LogP contribution in [-0.4, -0.2) is 44.8 Å². The monoisotopic (exact) mass is 280 g/mol. The van der Waals surface area contributed by atoms with Gasteiger partial charge in [-0.25, -0.2) is 4.39 Å². The molecule has 3 atom stereocenters. The van der Waals surface area contributed by atoms with E-state index in [4.69, 9.17) is 4.74 Å². The molecule has 0 saturated carbocycles. The molecule has 0 spiro atoms. The van der Waals surface area contributed by atoms with Crippen molar-refractivity contribution in [2.45, 2.75) is 25.5 Å². The molecule has 1 fully saturated rings. The molecule has 112 valence electrons. The summed E-state index contributed by atoms with van der Waals surface area (Å²) in [5.41, 5.74) is 0.755. The van der Waals surface area contributed by atoms with E-state index >= 15 is 0 Å². The van der Waals surface area contributed by atoms with Gasteiger partial charge in [0.25, 0.3) is 0 Å². The van der Waals surface area contributed by atoms with Crippen molar-refractivity contribution in [3.63, 3.8) is 0 Å². The number of nitrogens with one attached hydrogen (secondary N) is 1. The lowest BCUT2D eigenvalue weighted by atomic mass is 9.93. The molecule has 1 aromatic rings. The van der Waals surface area contributed by atoms with Gasteiger partial charge < -0.3 is 15.0 Å². The average Bonchev–Trinajstić information content (AvgIpc) is 2.89. The van der Waals surface area contributed by atoms with Crippen LogP contribution < -0.4 is 5.32 Å². The summed E-state index contributed by atoms with van der Waals surface area (Å²) in [6.45, 7) is 5.18. The molecular weight excluding hydrogens is 255 g/mol. The number of halogens is 1. The topological polar surface area (TPSA) is 24.5 Å². The van der Waals surface area contributed by atoms with Crippen LogP contribution in [0, 0.1) is 11.7 Å². The van der Waals surface area contributed by atoms with Crippen LogP contribution in [-0.2, 0) is 4.74 Å². The maximum absolute atomic E-state index is 13.9. The van der Waals surface area contributed by atoms with Crippen molar-refractivity contribution < 1.29 is 9.13 Å². The Balaban J connectivity index is 1.99. The molecule has 0 aromatic heterocycles. The summed E-state index contributed by atoms with van der Waals surface area (Å²) in [5.74, 6) is 0.211. The van der Waals surface area contributed by atoms with Gasteiger partial charge in [-0.15, -0.1) is 0 Å². The summed E-state index contributed by atoms with van der Waals surface area (Å²) in [5, 5.41) is 3.26. The smallest absolute Gasteiger partial charge is 0.127 e. The highest BCUT2D eigenvalue weighted by Crippen LogP contribution is 2.26. The van der Waals surface area contributed by atoms with Gasteiger partial charge in [0.1, 0.15) is 5.82 Å². The molecule has 2 rings (SSSR count). The molecule has 3 nitrogen and oxygen atoms in total. The number of likely N-dealkylation sites (tertiary alicyclic amines) is 1. The fourth-order valence-electron chi connectivity index (χ4n) is 3.14. The van der Waals surface area contributed by atoms with Crippen LogP contribution in [0.4, 0.5) is 4.39 Å². The number of methoxy groups -OCH3 is 1. The van der Waals surface area contributed by atoms with E-state index in [1.54, 1.807) is 13.2 Å². The minimum atomic E-state index is -0.130. The molecule has 4 heteroatoms. The predicted octanol–water partition coefficient (Wildman–Crippen LogP) is 2.44. The van der Waals surface area contributed by atoms with Crippen molar-refractivity contribution in [1.82, 2.24) is 10.2 Å². The molecule has 20 heavy (non-hydrogen) atoms. The van der Waals surface area contributed by atoms with Crippen LogP contribution in [0.25, 0.3) is 0 Å². The summed E-state index contributed by atoms with van der Waals surface area (Å²) < 4.78 is 19.3. The number of hydrogen-bond donors (Lipinski definition) is 1. The Hall–Kier alpha value is -0.970. The zero-order valence-corrected chi connectivity index (χ0v) is 12.6.